The van der Waals surface area contributed by atoms with Gasteiger partial charge in [-0.3, -0.25) is 9.69 Å². The Bertz CT molecular complexity index is 1380. The lowest BCUT2D eigenvalue weighted by Gasteiger charge is -2.36. The van der Waals surface area contributed by atoms with Crippen LogP contribution in [0.25, 0.3) is 0 Å². The number of ether oxygens (including phenoxy) is 1. The fourth-order valence-electron chi connectivity index (χ4n) is 3.61. The van der Waals surface area contributed by atoms with Crippen LogP contribution in [0, 0.1) is 6.92 Å². The summed E-state index contributed by atoms with van der Waals surface area (Å²) in [6, 6.07) is 16.6. The summed E-state index contributed by atoms with van der Waals surface area (Å²) in [6.45, 7) is 3.59. The monoisotopic (exact) mass is 499 g/mol. The first-order chi connectivity index (χ1) is 16.2. The Hall–Kier alpha value is -3.56. The van der Waals surface area contributed by atoms with Crippen molar-refractivity contribution in [3.05, 3.63) is 77.3 Å². The van der Waals surface area contributed by atoms with Crippen molar-refractivity contribution >= 4 is 50.6 Å². The van der Waals surface area contributed by atoms with Gasteiger partial charge in [0.05, 0.1) is 23.7 Å². The van der Waals surface area contributed by atoms with Crippen molar-refractivity contribution in [3.8, 4) is 5.75 Å². The van der Waals surface area contributed by atoms with E-state index in [9.17, 15) is 18.0 Å². The Morgan fingerprint density at radius 2 is 1.76 bits per heavy atom. The number of halogens is 1. The Morgan fingerprint density at radius 3 is 2.50 bits per heavy atom. The molecule has 0 atom stereocenters. The highest BCUT2D eigenvalue weighted by Crippen LogP contribution is 2.38. The van der Waals surface area contributed by atoms with Crippen LogP contribution in [-0.2, 0) is 14.8 Å². The number of amides is 3. The molecule has 3 amide bonds. The molecule has 0 saturated carbocycles. The SMILES string of the molecule is CCOc1ccccc1NC(=O)CN1C(=O)N(c2ccc(C)c(Cl)c2)S(=O)(=O)c2ccccc21. The second-order valence-electron chi connectivity index (χ2n) is 7.52. The van der Waals surface area contributed by atoms with E-state index in [2.05, 4.69) is 5.32 Å². The second kappa shape index (κ2) is 9.36. The highest BCUT2D eigenvalue weighted by atomic mass is 35.5. The molecule has 0 radical (unpaired) electrons. The molecular formula is C24H22ClN3O5S. The van der Waals surface area contributed by atoms with Gasteiger partial charge in [0.2, 0.25) is 5.91 Å². The topological polar surface area (TPSA) is 96.0 Å². The molecule has 1 aliphatic rings. The van der Waals surface area contributed by atoms with Crippen LogP contribution in [0.3, 0.4) is 0 Å². The fraction of sp³-hybridized carbons (Fsp3) is 0.167. The molecule has 0 aliphatic carbocycles. The van der Waals surface area contributed by atoms with Gasteiger partial charge in [-0.25, -0.2) is 13.2 Å². The minimum Gasteiger partial charge on any atom is -0.492 e. The summed E-state index contributed by atoms with van der Waals surface area (Å²) in [5, 5.41) is 3.05. The number of anilines is 3. The molecule has 34 heavy (non-hydrogen) atoms. The number of carbonyl (C=O) groups excluding carboxylic acids is 2. The number of urea groups is 1. The van der Waals surface area contributed by atoms with Gasteiger partial charge in [0.15, 0.2) is 0 Å². The van der Waals surface area contributed by atoms with Crippen molar-refractivity contribution in [2.75, 3.05) is 27.7 Å². The lowest BCUT2D eigenvalue weighted by atomic mass is 10.2. The molecule has 4 rings (SSSR count). The van der Waals surface area contributed by atoms with E-state index >= 15 is 0 Å². The standard InChI is InChI=1S/C24H22ClN3O5S/c1-3-33-21-10-6-4-8-19(21)26-23(29)15-27-20-9-5-7-11-22(20)34(31,32)28(24(27)30)17-13-12-16(2)18(25)14-17/h4-14H,3,15H2,1-2H3,(H,26,29). The van der Waals surface area contributed by atoms with Crippen LogP contribution in [0.15, 0.2) is 71.6 Å². The Kier molecular flexibility index (Phi) is 6.49. The zero-order valence-corrected chi connectivity index (χ0v) is 20.1. The van der Waals surface area contributed by atoms with Crippen LogP contribution >= 0.6 is 11.6 Å². The average Bonchev–Trinajstić information content (AvgIpc) is 2.80. The molecule has 8 nitrogen and oxygen atoms in total. The van der Waals surface area contributed by atoms with E-state index in [4.69, 9.17) is 16.3 Å². The van der Waals surface area contributed by atoms with Gasteiger partial charge < -0.3 is 10.1 Å². The number of rotatable bonds is 6. The highest BCUT2D eigenvalue weighted by molar-refractivity contribution is 7.94. The third kappa shape index (κ3) is 4.32. The summed E-state index contributed by atoms with van der Waals surface area (Å²) >= 11 is 6.20. The smallest absolute Gasteiger partial charge is 0.343 e. The third-order valence-corrected chi connectivity index (χ3v) is 7.39. The molecule has 0 spiro atoms. The maximum absolute atomic E-state index is 13.5. The molecule has 0 aromatic heterocycles. The summed E-state index contributed by atoms with van der Waals surface area (Å²) in [4.78, 5) is 27.5. The molecule has 1 N–H and O–H groups in total. The van der Waals surface area contributed by atoms with Crippen LogP contribution in [0.2, 0.25) is 5.02 Å². The molecule has 1 aliphatic heterocycles. The molecule has 0 unspecified atom stereocenters. The minimum absolute atomic E-state index is 0.0854. The largest absolute Gasteiger partial charge is 0.492 e. The van der Waals surface area contributed by atoms with Crippen LogP contribution in [0.5, 0.6) is 5.75 Å². The molecule has 10 heteroatoms. The zero-order valence-electron chi connectivity index (χ0n) is 18.5. The first kappa shape index (κ1) is 23.6. The first-order valence-corrected chi connectivity index (χ1v) is 12.3. The average molecular weight is 500 g/mol. The molecular weight excluding hydrogens is 478 g/mol. The van der Waals surface area contributed by atoms with E-state index in [-0.39, 0.29) is 16.3 Å². The number of hydrogen-bond acceptors (Lipinski definition) is 5. The number of benzene rings is 3. The van der Waals surface area contributed by atoms with Gasteiger partial charge in [-0.1, -0.05) is 41.9 Å². The van der Waals surface area contributed by atoms with Gasteiger partial charge >= 0.3 is 6.03 Å². The quantitative estimate of drug-likeness (QED) is 0.524. The number of para-hydroxylation sites is 3. The van der Waals surface area contributed by atoms with Gasteiger partial charge in [0, 0.05) is 5.02 Å². The molecule has 176 valence electrons. The maximum atomic E-state index is 13.5. The van der Waals surface area contributed by atoms with Gasteiger partial charge in [0.25, 0.3) is 10.0 Å². The molecule has 0 saturated heterocycles. The van der Waals surface area contributed by atoms with Crippen molar-refractivity contribution in [1.82, 2.24) is 0 Å². The van der Waals surface area contributed by atoms with Crippen molar-refractivity contribution in [2.24, 2.45) is 0 Å². The van der Waals surface area contributed by atoms with Crippen molar-refractivity contribution in [2.45, 2.75) is 18.7 Å². The number of hydrogen-bond donors (Lipinski definition) is 1. The van der Waals surface area contributed by atoms with E-state index in [1.165, 1.54) is 24.3 Å². The summed E-state index contributed by atoms with van der Waals surface area (Å²) in [6.07, 6.45) is 0. The summed E-state index contributed by atoms with van der Waals surface area (Å²) in [5.41, 5.74) is 1.39. The second-order valence-corrected chi connectivity index (χ2v) is 9.68. The van der Waals surface area contributed by atoms with E-state index in [1.807, 2.05) is 6.92 Å². The van der Waals surface area contributed by atoms with E-state index in [1.54, 1.807) is 49.4 Å². The van der Waals surface area contributed by atoms with Gasteiger partial charge in [-0.05, 0) is 55.8 Å². The molecule has 0 fully saturated rings. The van der Waals surface area contributed by atoms with Crippen molar-refractivity contribution in [1.29, 1.82) is 0 Å². The molecule has 3 aromatic carbocycles. The molecule has 1 heterocycles. The summed E-state index contributed by atoms with van der Waals surface area (Å²) < 4.78 is 32.9. The highest BCUT2D eigenvalue weighted by Gasteiger charge is 2.43. The summed E-state index contributed by atoms with van der Waals surface area (Å²) in [5.74, 6) is -0.0290. The predicted molar refractivity (Wildman–Crippen MR) is 131 cm³/mol. The normalized spacial score (nSPS) is 14.5. The molecule has 3 aromatic rings. The number of carbonyl (C=O) groups is 2. The minimum atomic E-state index is -4.22. The van der Waals surface area contributed by atoms with Gasteiger partial charge in [-0.2, -0.15) is 4.31 Å². The van der Waals surface area contributed by atoms with E-state index < -0.39 is 28.5 Å². The lowest BCUT2D eigenvalue weighted by molar-refractivity contribution is -0.114. The Balaban J connectivity index is 1.71. The fourth-order valence-corrected chi connectivity index (χ4v) is 5.37. The van der Waals surface area contributed by atoms with Crippen molar-refractivity contribution in [3.63, 3.8) is 0 Å². The number of sulfonamides is 1. The number of fused-ring (bicyclic) bond motifs is 1. The van der Waals surface area contributed by atoms with Gasteiger partial charge in [0.1, 0.15) is 17.2 Å². The van der Waals surface area contributed by atoms with Crippen LogP contribution < -0.4 is 19.3 Å². The number of aryl methyl sites for hydroxylation is 1. The zero-order chi connectivity index (χ0) is 24.5. The van der Waals surface area contributed by atoms with E-state index in [0.29, 0.717) is 27.4 Å². The van der Waals surface area contributed by atoms with Crippen LogP contribution in [0.4, 0.5) is 21.9 Å². The Labute approximate surface area is 202 Å². The molecule has 0 bridgehead atoms. The predicted octanol–water partition coefficient (Wildman–Crippen LogP) is 4.82. The van der Waals surface area contributed by atoms with E-state index in [0.717, 1.165) is 10.5 Å². The van der Waals surface area contributed by atoms with Gasteiger partial charge in [-0.15, -0.1) is 0 Å². The summed E-state index contributed by atoms with van der Waals surface area (Å²) in [7, 11) is -4.22. The van der Waals surface area contributed by atoms with Crippen molar-refractivity contribution < 1.29 is 22.7 Å². The maximum Gasteiger partial charge on any atom is 0.343 e. The van der Waals surface area contributed by atoms with Crippen LogP contribution in [-0.4, -0.2) is 33.5 Å². The first-order valence-electron chi connectivity index (χ1n) is 10.5. The number of nitrogens with zero attached hydrogens (tertiary/aromatic N) is 2. The lowest BCUT2D eigenvalue weighted by Crippen LogP contribution is -2.53. The Morgan fingerprint density at radius 1 is 1.06 bits per heavy atom. The third-order valence-electron chi connectivity index (χ3n) is 5.23. The van der Waals surface area contributed by atoms with Crippen LogP contribution in [0.1, 0.15) is 12.5 Å². The number of nitrogens with one attached hydrogen (secondary N) is 1.